The number of hydrogen-bond donors (Lipinski definition) is 2. The van der Waals surface area contributed by atoms with Crippen LogP contribution >= 0.6 is 11.6 Å². The van der Waals surface area contributed by atoms with E-state index in [1.807, 2.05) is 0 Å². The number of halogens is 2. The Balaban J connectivity index is 2.58. The molecule has 5 heteroatoms. The quantitative estimate of drug-likeness (QED) is 0.877. The molecule has 0 aliphatic rings. The molecule has 0 atom stereocenters. The Morgan fingerprint density at radius 3 is 2.56 bits per heavy atom. The van der Waals surface area contributed by atoms with E-state index >= 15 is 0 Å². The lowest BCUT2D eigenvalue weighted by Crippen LogP contribution is -2.11. The minimum Gasteiger partial charge on any atom is -0.508 e. The van der Waals surface area contributed by atoms with Crippen molar-refractivity contribution in [1.82, 2.24) is 0 Å². The van der Waals surface area contributed by atoms with E-state index in [2.05, 4.69) is 0 Å². The molecule has 0 bridgehead atoms. The lowest BCUT2D eigenvalue weighted by molar-refractivity contribution is 0.100. The fourth-order valence-corrected chi connectivity index (χ4v) is 1.83. The molecular formula is C13H9ClFNO2. The predicted molar refractivity (Wildman–Crippen MR) is 67.0 cm³/mol. The molecule has 2 aromatic carbocycles. The third-order valence-electron chi connectivity index (χ3n) is 2.50. The number of primary amides is 1. The van der Waals surface area contributed by atoms with Crippen LogP contribution in [0.4, 0.5) is 4.39 Å². The van der Waals surface area contributed by atoms with Crippen LogP contribution in [0.15, 0.2) is 36.4 Å². The lowest BCUT2D eigenvalue weighted by atomic mass is 10.0. The molecule has 0 spiro atoms. The summed E-state index contributed by atoms with van der Waals surface area (Å²) in [4.78, 5) is 11.1. The van der Waals surface area contributed by atoms with E-state index in [4.69, 9.17) is 22.4 Å². The molecular weight excluding hydrogens is 257 g/mol. The molecule has 0 radical (unpaired) electrons. The van der Waals surface area contributed by atoms with Crippen LogP contribution in [-0.4, -0.2) is 11.0 Å². The summed E-state index contributed by atoms with van der Waals surface area (Å²) in [6.07, 6.45) is 0. The number of hydrogen-bond acceptors (Lipinski definition) is 2. The number of benzene rings is 2. The van der Waals surface area contributed by atoms with Crippen molar-refractivity contribution in [3.05, 3.63) is 52.8 Å². The highest BCUT2D eigenvalue weighted by molar-refractivity contribution is 6.33. The Morgan fingerprint density at radius 1 is 1.22 bits per heavy atom. The van der Waals surface area contributed by atoms with E-state index in [-0.39, 0.29) is 21.9 Å². The first-order valence-corrected chi connectivity index (χ1v) is 5.45. The van der Waals surface area contributed by atoms with Crippen molar-refractivity contribution >= 4 is 17.5 Å². The number of aromatic hydroxyl groups is 1. The van der Waals surface area contributed by atoms with E-state index in [0.717, 1.165) is 6.07 Å². The summed E-state index contributed by atoms with van der Waals surface area (Å²) in [5, 5.41) is 9.35. The monoisotopic (exact) mass is 265 g/mol. The molecule has 92 valence electrons. The second-order valence-corrected chi connectivity index (χ2v) is 4.13. The number of amides is 1. The smallest absolute Gasteiger partial charge is 0.250 e. The van der Waals surface area contributed by atoms with E-state index in [0.29, 0.717) is 5.56 Å². The largest absolute Gasteiger partial charge is 0.508 e. The minimum atomic E-state index is -0.680. The van der Waals surface area contributed by atoms with Crippen LogP contribution in [0.25, 0.3) is 11.1 Å². The van der Waals surface area contributed by atoms with Crippen LogP contribution in [0.3, 0.4) is 0 Å². The summed E-state index contributed by atoms with van der Waals surface area (Å²) in [6, 6.07) is 8.23. The van der Waals surface area contributed by atoms with Gasteiger partial charge in [0.2, 0.25) is 5.91 Å². The molecule has 1 amide bonds. The first-order chi connectivity index (χ1) is 8.49. The van der Waals surface area contributed by atoms with Crippen molar-refractivity contribution in [3.63, 3.8) is 0 Å². The molecule has 0 unspecified atom stereocenters. The second-order valence-electron chi connectivity index (χ2n) is 3.72. The Hall–Kier alpha value is -2.07. The van der Waals surface area contributed by atoms with Crippen LogP contribution in [0.5, 0.6) is 5.75 Å². The Bertz CT molecular complexity index is 628. The molecule has 0 heterocycles. The molecule has 3 nitrogen and oxygen atoms in total. The number of phenols is 1. The fraction of sp³-hybridized carbons (Fsp3) is 0. The van der Waals surface area contributed by atoms with Gasteiger partial charge in [-0.15, -0.1) is 0 Å². The van der Waals surface area contributed by atoms with Crippen LogP contribution in [-0.2, 0) is 0 Å². The highest BCUT2D eigenvalue weighted by Crippen LogP contribution is 2.28. The van der Waals surface area contributed by atoms with Crippen molar-refractivity contribution in [2.75, 3.05) is 0 Å². The summed E-state index contributed by atoms with van der Waals surface area (Å²) < 4.78 is 13.7. The van der Waals surface area contributed by atoms with Gasteiger partial charge in [-0.05, 0) is 29.8 Å². The zero-order chi connectivity index (χ0) is 13.3. The van der Waals surface area contributed by atoms with Crippen LogP contribution in [0.1, 0.15) is 10.4 Å². The van der Waals surface area contributed by atoms with Crippen molar-refractivity contribution in [1.29, 1.82) is 0 Å². The topological polar surface area (TPSA) is 63.3 Å². The maximum absolute atomic E-state index is 13.7. The van der Waals surface area contributed by atoms with Gasteiger partial charge < -0.3 is 10.8 Å². The maximum atomic E-state index is 13.7. The van der Waals surface area contributed by atoms with Gasteiger partial charge in [-0.3, -0.25) is 4.79 Å². The van der Waals surface area contributed by atoms with E-state index in [1.165, 1.54) is 24.3 Å². The molecule has 3 N–H and O–H groups in total. The first kappa shape index (κ1) is 12.4. The highest BCUT2D eigenvalue weighted by Gasteiger charge is 2.11. The Kier molecular flexibility index (Phi) is 3.21. The van der Waals surface area contributed by atoms with Crippen molar-refractivity contribution < 1.29 is 14.3 Å². The molecule has 0 aromatic heterocycles. The predicted octanol–water partition coefficient (Wildman–Crippen LogP) is 2.95. The lowest BCUT2D eigenvalue weighted by Gasteiger charge is -2.07. The summed E-state index contributed by atoms with van der Waals surface area (Å²) >= 11 is 5.81. The van der Waals surface area contributed by atoms with Crippen LogP contribution in [0, 0.1) is 5.82 Å². The van der Waals surface area contributed by atoms with E-state index < -0.39 is 11.7 Å². The van der Waals surface area contributed by atoms with E-state index in [1.54, 1.807) is 6.07 Å². The molecule has 0 fully saturated rings. The van der Waals surface area contributed by atoms with Gasteiger partial charge in [-0.2, -0.15) is 0 Å². The SMILES string of the molecule is NC(=O)c1cc(-c2ccc(O)cc2F)ccc1Cl. The second kappa shape index (κ2) is 4.66. The zero-order valence-electron chi connectivity index (χ0n) is 9.15. The summed E-state index contributed by atoms with van der Waals surface area (Å²) in [6.45, 7) is 0. The van der Waals surface area contributed by atoms with Gasteiger partial charge in [-0.1, -0.05) is 17.7 Å². The first-order valence-electron chi connectivity index (χ1n) is 5.07. The van der Waals surface area contributed by atoms with Crippen molar-refractivity contribution in [2.24, 2.45) is 5.73 Å². The molecule has 0 aliphatic heterocycles. The number of rotatable bonds is 2. The third kappa shape index (κ3) is 2.28. The number of carbonyl (C=O) groups excluding carboxylic acids is 1. The standard InChI is InChI=1S/C13H9ClFNO2/c14-11-4-1-7(5-10(11)13(16)18)9-3-2-8(17)6-12(9)15/h1-6,17H,(H2,16,18). The molecule has 0 aliphatic carbocycles. The van der Waals surface area contributed by atoms with Gasteiger partial charge in [0.05, 0.1) is 10.6 Å². The van der Waals surface area contributed by atoms with Crippen molar-refractivity contribution in [3.8, 4) is 16.9 Å². The molecule has 0 saturated heterocycles. The summed E-state index contributed by atoms with van der Waals surface area (Å²) in [7, 11) is 0. The normalized spacial score (nSPS) is 10.3. The van der Waals surface area contributed by atoms with Gasteiger partial charge in [0, 0.05) is 11.6 Å². The maximum Gasteiger partial charge on any atom is 0.250 e. The number of carbonyl (C=O) groups is 1. The molecule has 0 saturated carbocycles. The Labute approximate surface area is 108 Å². The fourth-order valence-electron chi connectivity index (χ4n) is 1.62. The van der Waals surface area contributed by atoms with Gasteiger partial charge in [-0.25, -0.2) is 4.39 Å². The van der Waals surface area contributed by atoms with Gasteiger partial charge >= 0.3 is 0 Å². The number of phenolic OH excluding ortho intramolecular Hbond substituents is 1. The van der Waals surface area contributed by atoms with Crippen molar-refractivity contribution in [2.45, 2.75) is 0 Å². The van der Waals surface area contributed by atoms with Crippen LogP contribution < -0.4 is 5.73 Å². The summed E-state index contributed by atoms with van der Waals surface area (Å²) in [5.74, 6) is -1.44. The molecule has 2 rings (SSSR count). The molecule has 2 aromatic rings. The highest BCUT2D eigenvalue weighted by atomic mass is 35.5. The zero-order valence-corrected chi connectivity index (χ0v) is 9.91. The Morgan fingerprint density at radius 2 is 1.94 bits per heavy atom. The van der Waals surface area contributed by atoms with Gasteiger partial charge in [0.15, 0.2) is 0 Å². The van der Waals surface area contributed by atoms with E-state index in [9.17, 15) is 9.18 Å². The van der Waals surface area contributed by atoms with Crippen LogP contribution in [0.2, 0.25) is 5.02 Å². The minimum absolute atomic E-state index is 0.127. The average molecular weight is 266 g/mol. The summed E-state index contributed by atoms with van der Waals surface area (Å²) in [5.41, 5.74) is 6.01. The average Bonchev–Trinajstić information content (AvgIpc) is 2.30. The molecule has 18 heavy (non-hydrogen) atoms. The van der Waals surface area contributed by atoms with Gasteiger partial charge in [0.25, 0.3) is 0 Å². The van der Waals surface area contributed by atoms with Gasteiger partial charge in [0.1, 0.15) is 11.6 Å². The third-order valence-corrected chi connectivity index (χ3v) is 2.83. The number of nitrogens with two attached hydrogens (primary N) is 1.